The van der Waals surface area contributed by atoms with Crippen LogP contribution in [0.25, 0.3) is 11.1 Å². The molecule has 0 radical (unpaired) electrons. The minimum Gasteiger partial charge on any atom is -0.405 e. The normalized spacial score (nSPS) is 11.4. The molecule has 0 aromatic heterocycles. The van der Waals surface area contributed by atoms with E-state index in [-0.39, 0.29) is 18.7 Å². The third-order valence-electron chi connectivity index (χ3n) is 3.45. The molecule has 2 N–H and O–H groups in total. The number of para-hydroxylation sites is 1. The van der Waals surface area contributed by atoms with E-state index in [4.69, 9.17) is 5.11 Å². The van der Waals surface area contributed by atoms with E-state index in [1.54, 1.807) is 0 Å². The van der Waals surface area contributed by atoms with Crippen molar-refractivity contribution >= 4 is 5.91 Å². The van der Waals surface area contributed by atoms with Crippen molar-refractivity contribution in [3.8, 4) is 28.7 Å². The topological polar surface area (TPSA) is 58.6 Å². The maximum Gasteiger partial charge on any atom is 0.573 e. The van der Waals surface area contributed by atoms with Gasteiger partial charge >= 0.3 is 12.5 Å². The van der Waals surface area contributed by atoms with E-state index in [1.807, 2.05) is 0 Å². The molecule has 2 rings (SSSR count). The van der Waals surface area contributed by atoms with E-state index in [2.05, 4.69) is 21.9 Å². The minimum absolute atomic E-state index is 0.0732. The lowest BCUT2D eigenvalue weighted by Gasteiger charge is -2.17. The molecule has 4 nitrogen and oxygen atoms in total. The fourth-order valence-electron chi connectivity index (χ4n) is 2.34. The second-order valence-corrected chi connectivity index (χ2v) is 5.53. The molecule has 0 aliphatic carbocycles. The molecule has 0 saturated heterocycles. The van der Waals surface area contributed by atoms with E-state index in [0.717, 1.165) is 24.3 Å². The van der Waals surface area contributed by atoms with Crippen LogP contribution in [0.3, 0.4) is 0 Å². The largest absolute Gasteiger partial charge is 0.573 e. The molecule has 2 aromatic rings. The summed E-state index contributed by atoms with van der Waals surface area (Å²) >= 11 is 0. The van der Waals surface area contributed by atoms with E-state index in [1.165, 1.54) is 12.1 Å². The zero-order chi connectivity index (χ0) is 21.7. The molecule has 0 heterocycles. The number of halogens is 6. The van der Waals surface area contributed by atoms with Gasteiger partial charge in [0.25, 0.3) is 5.91 Å². The Balaban J connectivity index is 2.50. The quantitative estimate of drug-likeness (QED) is 0.589. The van der Waals surface area contributed by atoms with Crippen LogP contribution in [-0.4, -0.2) is 30.5 Å². The summed E-state index contributed by atoms with van der Waals surface area (Å²) in [6.07, 6.45) is -9.99. The summed E-state index contributed by atoms with van der Waals surface area (Å²) in [5.74, 6) is 2.72. The van der Waals surface area contributed by atoms with Crippen molar-refractivity contribution in [3.05, 3.63) is 53.6 Å². The van der Waals surface area contributed by atoms with Crippen LogP contribution in [0.2, 0.25) is 0 Å². The second-order valence-electron chi connectivity index (χ2n) is 5.53. The summed E-state index contributed by atoms with van der Waals surface area (Å²) in [7, 11) is 0. The molecule has 0 spiro atoms. The molecule has 0 aliphatic heterocycles. The van der Waals surface area contributed by atoms with Gasteiger partial charge in [0.1, 0.15) is 5.75 Å². The number of carbonyl (C=O) groups excluding carboxylic acids is 1. The summed E-state index contributed by atoms with van der Waals surface area (Å²) in [6.45, 7) is -0.407. The van der Waals surface area contributed by atoms with Crippen LogP contribution in [0.5, 0.6) is 5.75 Å². The first-order valence-corrected chi connectivity index (χ1v) is 7.98. The van der Waals surface area contributed by atoms with Crippen LogP contribution in [-0.2, 0) is 11.0 Å². The molecule has 2 aromatic carbocycles. The summed E-state index contributed by atoms with van der Waals surface area (Å²) in [5.41, 5.74) is -2.35. The second kappa shape index (κ2) is 8.87. The zero-order valence-corrected chi connectivity index (χ0v) is 14.5. The number of hydrogen-bond donors (Lipinski definition) is 2. The van der Waals surface area contributed by atoms with Crippen LogP contribution < -0.4 is 10.1 Å². The van der Waals surface area contributed by atoms with Crippen molar-refractivity contribution in [1.29, 1.82) is 0 Å². The first-order chi connectivity index (χ1) is 13.5. The van der Waals surface area contributed by atoms with Crippen molar-refractivity contribution < 1.29 is 41.0 Å². The molecule has 154 valence electrons. The summed E-state index contributed by atoms with van der Waals surface area (Å²) in [5, 5.41) is 10.8. The van der Waals surface area contributed by atoms with Gasteiger partial charge < -0.3 is 15.2 Å². The predicted octanol–water partition coefficient (Wildman–Crippen LogP) is 3.73. The summed E-state index contributed by atoms with van der Waals surface area (Å²) < 4.78 is 82.2. The Bertz CT molecular complexity index is 941. The van der Waals surface area contributed by atoms with Crippen LogP contribution in [0.4, 0.5) is 26.3 Å². The number of aliphatic hydroxyl groups excluding tert-OH is 1. The first-order valence-electron chi connectivity index (χ1n) is 7.98. The van der Waals surface area contributed by atoms with Crippen molar-refractivity contribution in [2.75, 3.05) is 13.2 Å². The molecule has 0 atom stereocenters. The fourth-order valence-corrected chi connectivity index (χ4v) is 2.34. The van der Waals surface area contributed by atoms with E-state index in [0.29, 0.717) is 6.07 Å². The lowest BCUT2D eigenvalue weighted by Crippen LogP contribution is -2.24. The average Bonchev–Trinajstić information content (AvgIpc) is 2.63. The first kappa shape index (κ1) is 22.1. The fraction of sp³-hybridized carbons (Fsp3) is 0.211. The molecule has 0 unspecified atom stereocenters. The number of ether oxygens (including phenoxy) is 1. The number of amides is 1. The van der Waals surface area contributed by atoms with E-state index >= 15 is 0 Å². The molecule has 0 bridgehead atoms. The Morgan fingerprint density at radius 3 is 2.34 bits per heavy atom. The van der Waals surface area contributed by atoms with Crippen molar-refractivity contribution in [2.45, 2.75) is 12.5 Å². The third kappa shape index (κ3) is 6.43. The molecule has 0 saturated carbocycles. The van der Waals surface area contributed by atoms with Gasteiger partial charge in [0.05, 0.1) is 12.2 Å². The highest BCUT2D eigenvalue weighted by Crippen LogP contribution is 2.41. The summed E-state index contributed by atoms with van der Waals surface area (Å²) in [6, 6.07) is 7.17. The van der Waals surface area contributed by atoms with Gasteiger partial charge in [-0.3, -0.25) is 4.79 Å². The smallest absolute Gasteiger partial charge is 0.405 e. The maximum atomic E-state index is 13.5. The SMILES string of the molecule is O=C(C#Cc1ccc(-c2ccccc2OC(F)(F)F)c(C(F)(F)F)c1)NCCO. The Morgan fingerprint density at radius 1 is 1.03 bits per heavy atom. The molecular formula is C19H13F6NO3. The molecular weight excluding hydrogens is 404 g/mol. The van der Waals surface area contributed by atoms with Crippen molar-refractivity contribution in [2.24, 2.45) is 0 Å². The molecule has 0 fully saturated rings. The van der Waals surface area contributed by atoms with Gasteiger partial charge in [0, 0.05) is 23.6 Å². The van der Waals surface area contributed by atoms with Gasteiger partial charge in [-0.2, -0.15) is 13.2 Å². The molecule has 1 amide bonds. The lowest BCUT2D eigenvalue weighted by atomic mass is 9.96. The Hall–Kier alpha value is -3.19. The predicted molar refractivity (Wildman–Crippen MR) is 90.5 cm³/mol. The van der Waals surface area contributed by atoms with Gasteiger partial charge in [-0.05, 0) is 23.8 Å². The Morgan fingerprint density at radius 2 is 1.72 bits per heavy atom. The zero-order valence-electron chi connectivity index (χ0n) is 14.5. The van der Waals surface area contributed by atoms with Crippen LogP contribution in [0.15, 0.2) is 42.5 Å². The standard InChI is InChI=1S/C19H13F6NO3/c20-18(21,22)15-11-12(6-8-17(28)26-9-10-27)5-7-13(15)14-3-1-2-4-16(14)29-19(23,24)25/h1-5,7,11,27H,9-10H2,(H,26,28). The highest BCUT2D eigenvalue weighted by molar-refractivity contribution is 5.94. The highest BCUT2D eigenvalue weighted by atomic mass is 19.4. The van der Waals surface area contributed by atoms with Gasteiger partial charge in [-0.15, -0.1) is 13.2 Å². The maximum absolute atomic E-state index is 13.5. The number of aliphatic hydroxyl groups is 1. The van der Waals surface area contributed by atoms with Crippen molar-refractivity contribution in [1.82, 2.24) is 5.32 Å². The van der Waals surface area contributed by atoms with E-state index in [9.17, 15) is 31.1 Å². The van der Waals surface area contributed by atoms with Gasteiger partial charge in [-0.25, -0.2) is 0 Å². The number of hydrogen-bond acceptors (Lipinski definition) is 3. The summed E-state index contributed by atoms with van der Waals surface area (Å²) in [4.78, 5) is 11.4. The van der Waals surface area contributed by atoms with Gasteiger partial charge in [0.15, 0.2) is 0 Å². The van der Waals surface area contributed by atoms with Crippen LogP contribution in [0, 0.1) is 11.8 Å². The number of benzene rings is 2. The van der Waals surface area contributed by atoms with E-state index < -0.39 is 40.9 Å². The average molecular weight is 417 g/mol. The third-order valence-corrected chi connectivity index (χ3v) is 3.45. The minimum atomic E-state index is -5.08. The Kier molecular flexibility index (Phi) is 6.76. The highest BCUT2D eigenvalue weighted by Gasteiger charge is 2.36. The van der Waals surface area contributed by atoms with Crippen molar-refractivity contribution in [3.63, 3.8) is 0 Å². The number of nitrogens with one attached hydrogen (secondary N) is 1. The number of rotatable bonds is 4. The van der Waals surface area contributed by atoms with Gasteiger partial charge in [-0.1, -0.05) is 30.2 Å². The van der Waals surface area contributed by atoms with Gasteiger partial charge in [0.2, 0.25) is 0 Å². The molecule has 10 heteroatoms. The molecule has 29 heavy (non-hydrogen) atoms. The number of alkyl halides is 6. The molecule has 0 aliphatic rings. The number of carbonyl (C=O) groups is 1. The lowest BCUT2D eigenvalue weighted by molar-refractivity contribution is -0.274. The van der Waals surface area contributed by atoms with Crippen LogP contribution >= 0.6 is 0 Å². The van der Waals surface area contributed by atoms with Crippen LogP contribution in [0.1, 0.15) is 11.1 Å². The Labute approximate surface area is 161 Å². The monoisotopic (exact) mass is 417 g/mol.